The van der Waals surface area contributed by atoms with E-state index in [0.29, 0.717) is 38.4 Å². The lowest BCUT2D eigenvalue weighted by atomic mass is 9.90. The van der Waals surface area contributed by atoms with E-state index >= 15 is 0 Å². The maximum atomic E-state index is 14.0. The van der Waals surface area contributed by atoms with Gasteiger partial charge in [0.1, 0.15) is 30.3 Å². The van der Waals surface area contributed by atoms with Gasteiger partial charge in [0, 0.05) is 45.0 Å². The Labute approximate surface area is 360 Å². The van der Waals surface area contributed by atoms with Crippen molar-refractivity contribution in [1.82, 2.24) is 30.4 Å². The minimum absolute atomic E-state index is 0.220. The number of hydrogen-bond acceptors (Lipinski definition) is 11. The molecule has 0 radical (unpaired) electrons. The molecule has 0 unspecified atom stereocenters. The minimum atomic E-state index is -0.922. The SMILES string of the molecule is COC(=O)N[C@H](C(=O)N1C[C@@H](C)C[C@H]1C1=Nc2ccc3cc4c(cc3c2C1)OCc1cc(-c2cnc([C@@H]3C[C@H](C)CN3C(=O)[C@@H](NC(=O)OC)[C@@H](C)OC)[nH]2)ccc1-4)[C@@H](C)OC. The first kappa shape index (κ1) is 42.7. The summed E-state index contributed by atoms with van der Waals surface area (Å²) < 4.78 is 27.0. The van der Waals surface area contributed by atoms with E-state index in [1.807, 2.05) is 11.0 Å². The maximum Gasteiger partial charge on any atom is 0.407 e. The molecule has 328 valence electrons. The number of ether oxygens (including phenoxy) is 5. The Morgan fingerprint density at radius 1 is 0.806 bits per heavy atom. The third kappa shape index (κ3) is 7.97. The predicted molar refractivity (Wildman–Crippen MR) is 231 cm³/mol. The average Bonchev–Trinajstić information content (AvgIpc) is 4.11. The van der Waals surface area contributed by atoms with Gasteiger partial charge in [-0.2, -0.15) is 0 Å². The van der Waals surface area contributed by atoms with Crippen molar-refractivity contribution in [3.05, 3.63) is 65.6 Å². The largest absolute Gasteiger partial charge is 0.488 e. The molecule has 0 aliphatic carbocycles. The minimum Gasteiger partial charge on any atom is -0.488 e. The predicted octanol–water partition coefficient (Wildman–Crippen LogP) is 6.08. The Morgan fingerprint density at radius 3 is 2.06 bits per heavy atom. The van der Waals surface area contributed by atoms with Crippen LogP contribution in [-0.2, 0) is 41.6 Å². The van der Waals surface area contributed by atoms with Crippen LogP contribution in [0.4, 0.5) is 15.3 Å². The van der Waals surface area contributed by atoms with Gasteiger partial charge in [-0.05, 0) is 95.8 Å². The fourth-order valence-corrected chi connectivity index (χ4v) is 9.46. The van der Waals surface area contributed by atoms with Crippen molar-refractivity contribution in [2.24, 2.45) is 16.8 Å². The van der Waals surface area contributed by atoms with E-state index < -0.39 is 36.5 Å². The van der Waals surface area contributed by atoms with Crippen molar-refractivity contribution in [2.75, 3.05) is 41.5 Å². The van der Waals surface area contributed by atoms with Crippen LogP contribution in [0.5, 0.6) is 5.75 Å². The number of nitrogens with zero attached hydrogens (tertiary/aromatic N) is 4. The highest BCUT2D eigenvalue weighted by atomic mass is 16.5. The molecule has 3 aromatic carbocycles. The number of fused-ring (bicyclic) bond motifs is 6. The van der Waals surface area contributed by atoms with Crippen molar-refractivity contribution in [3.8, 4) is 28.1 Å². The number of likely N-dealkylation sites (tertiary alicyclic amines) is 2. The van der Waals surface area contributed by atoms with E-state index in [-0.39, 0.29) is 35.7 Å². The van der Waals surface area contributed by atoms with Crippen LogP contribution in [0.25, 0.3) is 33.2 Å². The molecule has 8 rings (SSSR count). The van der Waals surface area contributed by atoms with Gasteiger partial charge in [0.15, 0.2) is 0 Å². The third-order valence-electron chi connectivity index (χ3n) is 12.9. The van der Waals surface area contributed by atoms with Crippen LogP contribution in [0.15, 0.2) is 53.7 Å². The summed E-state index contributed by atoms with van der Waals surface area (Å²) in [4.78, 5) is 69.2. The fraction of sp³-hybridized carbons (Fsp3) is 0.478. The summed E-state index contributed by atoms with van der Waals surface area (Å²) in [7, 11) is 5.55. The van der Waals surface area contributed by atoms with Crippen LogP contribution in [0, 0.1) is 11.8 Å². The molecule has 4 amide bonds. The fourth-order valence-electron chi connectivity index (χ4n) is 9.46. The Morgan fingerprint density at radius 2 is 1.44 bits per heavy atom. The second kappa shape index (κ2) is 17.4. The van der Waals surface area contributed by atoms with Gasteiger partial charge in [-0.3, -0.25) is 14.6 Å². The summed E-state index contributed by atoms with van der Waals surface area (Å²) in [6.45, 7) is 9.16. The zero-order valence-electron chi connectivity index (χ0n) is 36.4. The summed E-state index contributed by atoms with van der Waals surface area (Å²) >= 11 is 0. The summed E-state index contributed by atoms with van der Waals surface area (Å²) in [6, 6.07) is 12.4. The second-order valence-electron chi connectivity index (χ2n) is 17.1. The van der Waals surface area contributed by atoms with E-state index in [1.54, 1.807) is 24.9 Å². The van der Waals surface area contributed by atoms with Crippen LogP contribution < -0.4 is 15.4 Å². The zero-order chi connectivity index (χ0) is 44.0. The molecule has 2 saturated heterocycles. The molecule has 0 bridgehead atoms. The molecule has 1 aromatic heterocycles. The normalized spacial score (nSPS) is 22.1. The summed E-state index contributed by atoms with van der Waals surface area (Å²) in [5.74, 6) is 1.46. The van der Waals surface area contributed by atoms with Gasteiger partial charge in [0.25, 0.3) is 0 Å². The van der Waals surface area contributed by atoms with E-state index in [9.17, 15) is 19.2 Å². The topological polar surface area (TPSA) is 186 Å². The van der Waals surface area contributed by atoms with Crippen molar-refractivity contribution < 1.29 is 42.9 Å². The number of amides is 4. The highest BCUT2D eigenvalue weighted by Gasteiger charge is 2.43. The van der Waals surface area contributed by atoms with E-state index in [1.165, 1.54) is 28.4 Å². The second-order valence-corrected chi connectivity index (χ2v) is 17.1. The smallest absolute Gasteiger partial charge is 0.407 e. The first-order valence-electron chi connectivity index (χ1n) is 21.2. The van der Waals surface area contributed by atoms with Crippen LogP contribution >= 0.6 is 0 Å². The molecule has 62 heavy (non-hydrogen) atoms. The van der Waals surface area contributed by atoms with Gasteiger partial charge in [-0.25, -0.2) is 14.6 Å². The molecule has 2 fully saturated rings. The molecule has 0 saturated carbocycles. The van der Waals surface area contributed by atoms with Crippen molar-refractivity contribution in [3.63, 3.8) is 0 Å². The number of imidazole rings is 1. The molecule has 16 heteroatoms. The third-order valence-corrected chi connectivity index (χ3v) is 12.9. The number of H-pyrrole nitrogens is 1. The first-order valence-corrected chi connectivity index (χ1v) is 21.2. The van der Waals surface area contributed by atoms with Gasteiger partial charge in [0.2, 0.25) is 11.8 Å². The molecule has 16 nitrogen and oxygen atoms in total. The van der Waals surface area contributed by atoms with E-state index in [2.05, 4.69) is 65.9 Å². The maximum absolute atomic E-state index is 14.0. The zero-order valence-corrected chi connectivity index (χ0v) is 36.4. The number of aliphatic imine (C=N–C) groups is 1. The summed E-state index contributed by atoms with van der Waals surface area (Å²) in [6.07, 6.45) is 1.34. The van der Waals surface area contributed by atoms with E-state index in [0.717, 1.165) is 67.9 Å². The molecular weight excluding hydrogens is 795 g/mol. The number of benzene rings is 3. The van der Waals surface area contributed by atoms with Crippen LogP contribution in [0.2, 0.25) is 0 Å². The Balaban J connectivity index is 1.01. The highest BCUT2D eigenvalue weighted by Crippen LogP contribution is 2.45. The monoisotopic (exact) mass is 849 g/mol. The number of methoxy groups -OCH3 is 4. The van der Waals surface area contributed by atoms with Crippen molar-refractivity contribution >= 4 is 46.2 Å². The number of aromatic nitrogens is 2. The number of aromatic amines is 1. The van der Waals surface area contributed by atoms with Crippen molar-refractivity contribution in [1.29, 1.82) is 0 Å². The first-order chi connectivity index (χ1) is 29.8. The quantitative estimate of drug-likeness (QED) is 0.160. The summed E-state index contributed by atoms with van der Waals surface area (Å²) in [5.41, 5.74) is 7.79. The Hall–Kier alpha value is -6.00. The van der Waals surface area contributed by atoms with Gasteiger partial charge in [0.05, 0.1) is 56.1 Å². The molecule has 0 spiro atoms. The lowest BCUT2D eigenvalue weighted by Crippen LogP contribution is -2.56. The molecule has 4 aliphatic heterocycles. The van der Waals surface area contributed by atoms with Crippen LogP contribution in [-0.4, -0.2) is 121 Å². The summed E-state index contributed by atoms with van der Waals surface area (Å²) in [5, 5.41) is 7.45. The molecule has 5 heterocycles. The number of hydrogen-bond donors (Lipinski definition) is 3. The molecule has 3 N–H and O–H groups in total. The van der Waals surface area contributed by atoms with Gasteiger partial charge < -0.3 is 49.1 Å². The van der Waals surface area contributed by atoms with Gasteiger partial charge in [-0.1, -0.05) is 32.0 Å². The molecular formula is C46H55N7O9. The molecule has 4 aromatic rings. The van der Waals surface area contributed by atoms with Gasteiger partial charge in [-0.15, -0.1) is 0 Å². The number of carbonyl (C=O) groups excluding carboxylic acids is 4. The Kier molecular flexibility index (Phi) is 12.0. The highest BCUT2D eigenvalue weighted by molar-refractivity contribution is 6.06. The number of alkyl carbamates (subject to hydrolysis) is 2. The van der Waals surface area contributed by atoms with Crippen LogP contribution in [0.1, 0.15) is 63.5 Å². The average molecular weight is 850 g/mol. The molecule has 4 aliphatic rings. The Bertz CT molecular complexity index is 2430. The number of rotatable bonds is 11. The standard InChI is InChI=1S/C46H55N7O9/c1-23-13-37(52(20-23)43(54)40(25(3)58-5)50-45(56)60-7)35-17-32-31-18-39-33(16-27(31)10-12-34(32)48-35)30-11-9-28(15-29(30)22-62-39)36-19-47-42(49-36)38-14-24(2)21-53(38)44(55)41(26(4)59-6)51-46(57)61-8/h9-12,15-16,18-19,23-26,37-38,40-41H,13-14,17,20-22H2,1-8H3,(H,47,49)(H,50,56)(H,51,57)/t23-,24-,25+,26+,37-,38-,40-,41-/m0/s1. The lowest BCUT2D eigenvalue weighted by molar-refractivity contribution is -0.138. The van der Waals surface area contributed by atoms with E-state index in [4.69, 9.17) is 33.7 Å². The van der Waals surface area contributed by atoms with Gasteiger partial charge >= 0.3 is 12.2 Å². The molecule has 8 atom stereocenters. The van der Waals surface area contributed by atoms with Crippen LogP contribution in [0.3, 0.4) is 0 Å². The lowest BCUT2D eigenvalue weighted by Gasteiger charge is -2.31. The number of nitrogens with one attached hydrogen (secondary N) is 3. The van der Waals surface area contributed by atoms with Crippen molar-refractivity contribution in [2.45, 2.75) is 89.9 Å². The number of carbonyl (C=O) groups is 4.